The van der Waals surface area contributed by atoms with E-state index in [1.165, 1.54) is 5.56 Å². The van der Waals surface area contributed by atoms with Gasteiger partial charge in [0.1, 0.15) is 5.75 Å². The van der Waals surface area contributed by atoms with E-state index in [-0.39, 0.29) is 17.9 Å². The van der Waals surface area contributed by atoms with Crippen LogP contribution in [0.3, 0.4) is 0 Å². The number of anilines is 1. The highest BCUT2D eigenvalue weighted by molar-refractivity contribution is 6.34. The van der Waals surface area contributed by atoms with Crippen molar-refractivity contribution in [2.45, 2.75) is 47.0 Å². The second-order valence-corrected chi connectivity index (χ2v) is 7.93. The second kappa shape index (κ2) is 7.49. The van der Waals surface area contributed by atoms with Crippen molar-refractivity contribution in [1.82, 2.24) is 0 Å². The zero-order valence-electron chi connectivity index (χ0n) is 15.8. The molecule has 0 aliphatic carbocycles. The van der Waals surface area contributed by atoms with Crippen LogP contribution in [0.2, 0.25) is 5.02 Å². The first-order valence-electron chi connectivity index (χ1n) is 8.38. The Morgan fingerprint density at radius 3 is 2.36 bits per heavy atom. The van der Waals surface area contributed by atoms with E-state index < -0.39 is 0 Å². The van der Waals surface area contributed by atoms with E-state index in [2.05, 4.69) is 32.2 Å². The Bertz CT molecular complexity index is 768. The molecule has 0 heterocycles. The number of rotatable bonds is 4. The largest absolute Gasteiger partial charge is 0.483 e. The maximum absolute atomic E-state index is 12.3. The van der Waals surface area contributed by atoms with E-state index in [0.29, 0.717) is 10.7 Å². The molecular weight excluding hydrogens is 334 g/mol. The third kappa shape index (κ3) is 4.99. The van der Waals surface area contributed by atoms with Crippen LogP contribution in [0.1, 0.15) is 43.0 Å². The average Bonchev–Trinajstić information content (AvgIpc) is 2.48. The Morgan fingerprint density at radius 1 is 1.08 bits per heavy atom. The summed E-state index contributed by atoms with van der Waals surface area (Å²) in [6.07, 6.45) is 0. The van der Waals surface area contributed by atoms with Gasteiger partial charge in [0.2, 0.25) is 0 Å². The molecule has 134 valence electrons. The Balaban J connectivity index is 2.11. The minimum atomic E-state index is -0.228. The predicted molar refractivity (Wildman–Crippen MR) is 105 cm³/mol. The van der Waals surface area contributed by atoms with Crippen molar-refractivity contribution >= 4 is 23.2 Å². The number of halogens is 1. The lowest BCUT2D eigenvalue weighted by atomic mass is 9.85. The van der Waals surface area contributed by atoms with Gasteiger partial charge in [-0.15, -0.1) is 0 Å². The number of carbonyl (C=O) groups is 1. The third-order valence-electron chi connectivity index (χ3n) is 4.00. The summed E-state index contributed by atoms with van der Waals surface area (Å²) in [4.78, 5) is 12.3. The molecule has 0 bridgehead atoms. The van der Waals surface area contributed by atoms with Gasteiger partial charge in [0.05, 0.1) is 10.7 Å². The summed E-state index contributed by atoms with van der Waals surface area (Å²) in [6, 6.07) is 9.84. The van der Waals surface area contributed by atoms with Gasteiger partial charge < -0.3 is 10.1 Å². The lowest BCUT2D eigenvalue weighted by molar-refractivity contribution is -0.118. The number of amides is 1. The molecule has 0 saturated heterocycles. The van der Waals surface area contributed by atoms with E-state index >= 15 is 0 Å². The van der Waals surface area contributed by atoms with Crippen LogP contribution in [0.25, 0.3) is 0 Å². The van der Waals surface area contributed by atoms with Gasteiger partial charge >= 0.3 is 0 Å². The summed E-state index contributed by atoms with van der Waals surface area (Å²) in [7, 11) is 0. The first-order valence-corrected chi connectivity index (χ1v) is 8.76. The molecule has 0 fully saturated rings. The molecule has 0 atom stereocenters. The number of nitrogens with one attached hydrogen (secondary N) is 1. The smallest absolute Gasteiger partial charge is 0.262 e. The van der Waals surface area contributed by atoms with Crippen molar-refractivity contribution < 1.29 is 9.53 Å². The second-order valence-electron chi connectivity index (χ2n) is 7.53. The van der Waals surface area contributed by atoms with E-state index in [0.717, 1.165) is 22.4 Å². The fourth-order valence-electron chi connectivity index (χ4n) is 2.75. The topological polar surface area (TPSA) is 38.3 Å². The number of benzene rings is 2. The van der Waals surface area contributed by atoms with Gasteiger partial charge in [-0.05, 0) is 55.0 Å². The summed E-state index contributed by atoms with van der Waals surface area (Å²) in [5, 5.41) is 3.39. The monoisotopic (exact) mass is 359 g/mol. The van der Waals surface area contributed by atoms with Crippen molar-refractivity contribution in [3.8, 4) is 5.75 Å². The summed E-state index contributed by atoms with van der Waals surface area (Å²) < 4.78 is 5.80. The molecule has 1 amide bonds. The molecule has 0 aromatic heterocycles. The Labute approximate surface area is 155 Å². The van der Waals surface area contributed by atoms with Crippen LogP contribution in [0.15, 0.2) is 30.3 Å². The van der Waals surface area contributed by atoms with Crippen LogP contribution in [0.4, 0.5) is 5.69 Å². The highest BCUT2D eigenvalue weighted by Gasteiger charge is 2.20. The van der Waals surface area contributed by atoms with E-state index in [4.69, 9.17) is 16.3 Å². The number of aryl methyl sites for hydroxylation is 3. The fourth-order valence-corrected chi connectivity index (χ4v) is 3.12. The predicted octanol–water partition coefficient (Wildman–Crippen LogP) is 5.58. The molecule has 2 rings (SSSR count). The summed E-state index contributed by atoms with van der Waals surface area (Å²) >= 11 is 6.24. The van der Waals surface area contributed by atoms with Crippen LogP contribution in [-0.4, -0.2) is 12.5 Å². The van der Waals surface area contributed by atoms with Crippen LogP contribution in [-0.2, 0) is 10.2 Å². The maximum Gasteiger partial charge on any atom is 0.262 e. The van der Waals surface area contributed by atoms with Gasteiger partial charge in [0, 0.05) is 0 Å². The minimum absolute atomic E-state index is 0.0597. The summed E-state index contributed by atoms with van der Waals surface area (Å²) in [5.74, 6) is 0.509. The maximum atomic E-state index is 12.3. The zero-order chi connectivity index (χ0) is 18.8. The molecule has 3 nitrogen and oxygen atoms in total. The van der Waals surface area contributed by atoms with Crippen LogP contribution >= 0.6 is 11.6 Å². The Morgan fingerprint density at radius 2 is 1.76 bits per heavy atom. The fraction of sp³-hybridized carbons (Fsp3) is 0.381. The van der Waals surface area contributed by atoms with Crippen molar-refractivity contribution in [1.29, 1.82) is 0 Å². The molecule has 0 saturated carbocycles. The summed E-state index contributed by atoms with van der Waals surface area (Å²) in [6.45, 7) is 12.3. The molecule has 2 aromatic rings. The van der Waals surface area contributed by atoms with Crippen LogP contribution < -0.4 is 10.1 Å². The van der Waals surface area contributed by atoms with Crippen molar-refractivity contribution in [2.75, 3.05) is 11.9 Å². The minimum Gasteiger partial charge on any atom is -0.483 e. The zero-order valence-corrected chi connectivity index (χ0v) is 16.5. The number of hydrogen-bond acceptors (Lipinski definition) is 2. The van der Waals surface area contributed by atoms with Crippen molar-refractivity contribution in [3.63, 3.8) is 0 Å². The van der Waals surface area contributed by atoms with Crippen LogP contribution in [0.5, 0.6) is 5.75 Å². The Hall–Kier alpha value is -2.00. The normalized spacial score (nSPS) is 11.3. The van der Waals surface area contributed by atoms with Gasteiger partial charge in [-0.1, -0.05) is 56.1 Å². The molecule has 0 spiro atoms. The highest BCUT2D eigenvalue weighted by Crippen LogP contribution is 2.32. The highest BCUT2D eigenvalue weighted by atomic mass is 35.5. The van der Waals surface area contributed by atoms with Gasteiger partial charge in [0.15, 0.2) is 6.61 Å². The summed E-state index contributed by atoms with van der Waals surface area (Å²) in [5.41, 5.74) is 4.83. The molecule has 25 heavy (non-hydrogen) atoms. The first kappa shape index (κ1) is 19.3. The average molecular weight is 360 g/mol. The number of carbonyl (C=O) groups excluding carboxylic acids is 1. The number of ether oxygens (including phenoxy) is 1. The molecule has 0 aliphatic rings. The van der Waals surface area contributed by atoms with E-state index in [1.54, 1.807) is 0 Å². The lowest BCUT2D eigenvalue weighted by Crippen LogP contribution is -2.22. The molecule has 2 aromatic carbocycles. The molecule has 1 N–H and O–H groups in total. The lowest BCUT2D eigenvalue weighted by Gasteiger charge is -2.23. The van der Waals surface area contributed by atoms with E-state index in [1.807, 2.05) is 45.0 Å². The molecular formula is C21H26ClNO2. The quantitative estimate of drug-likeness (QED) is 0.773. The molecule has 0 aliphatic heterocycles. The van der Waals surface area contributed by atoms with E-state index in [9.17, 15) is 4.79 Å². The van der Waals surface area contributed by atoms with Crippen LogP contribution in [0, 0.1) is 20.8 Å². The SMILES string of the molecule is Cc1cc(C)c(NC(=O)COc2ccc(C)cc2C(C)(C)C)c(Cl)c1. The van der Waals surface area contributed by atoms with Gasteiger partial charge in [-0.2, -0.15) is 0 Å². The van der Waals surface area contributed by atoms with Gasteiger partial charge in [-0.3, -0.25) is 4.79 Å². The Kier molecular flexibility index (Phi) is 5.79. The number of hydrogen-bond donors (Lipinski definition) is 1. The first-order chi connectivity index (χ1) is 11.6. The third-order valence-corrected chi connectivity index (χ3v) is 4.30. The van der Waals surface area contributed by atoms with Crippen molar-refractivity contribution in [3.05, 3.63) is 57.6 Å². The van der Waals surface area contributed by atoms with Crippen molar-refractivity contribution in [2.24, 2.45) is 0 Å². The molecule has 0 radical (unpaired) electrons. The standard InChI is InChI=1S/C21H26ClNO2/c1-13-7-8-18(16(10-13)21(4,5)6)25-12-19(24)23-20-15(3)9-14(2)11-17(20)22/h7-11H,12H2,1-6H3,(H,23,24). The van der Waals surface area contributed by atoms with Gasteiger partial charge in [-0.25, -0.2) is 0 Å². The molecule has 4 heteroatoms. The van der Waals surface area contributed by atoms with Gasteiger partial charge in [0.25, 0.3) is 5.91 Å². The molecule has 0 unspecified atom stereocenters.